The minimum atomic E-state index is -0.0678. The Morgan fingerprint density at radius 3 is 2.82 bits per heavy atom. The topological polar surface area (TPSA) is 86.7 Å². The highest BCUT2D eigenvalue weighted by Gasteiger charge is 2.23. The summed E-state index contributed by atoms with van der Waals surface area (Å²) < 4.78 is 5.30. The molecule has 146 valence electrons. The molecule has 0 unspecified atom stereocenters. The first-order chi connectivity index (χ1) is 13.8. The number of likely N-dealkylation sites (tertiary alicyclic amines) is 1. The van der Waals surface area contributed by atoms with Crippen molar-refractivity contribution in [3.8, 4) is 5.82 Å². The van der Waals surface area contributed by atoms with Crippen molar-refractivity contribution in [1.82, 2.24) is 39.2 Å². The Labute approximate surface area is 162 Å². The summed E-state index contributed by atoms with van der Waals surface area (Å²) in [5, 5.41) is 13.1. The van der Waals surface area contributed by atoms with Crippen LogP contribution in [-0.2, 0) is 26.1 Å². The number of piperidine rings is 1. The molecule has 5 rings (SSSR count). The summed E-state index contributed by atoms with van der Waals surface area (Å²) in [6.07, 6.45) is 9.61. The van der Waals surface area contributed by atoms with Crippen LogP contribution < -0.4 is 5.56 Å². The van der Waals surface area contributed by atoms with Gasteiger partial charge in [0.2, 0.25) is 0 Å². The Bertz CT molecular complexity index is 997. The van der Waals surface area contributed by atoms with Gasteiger partial charge in [-0.25, -0.2) is 14.3 Å². The van der Waals surface area contributed by atoms with Crippen LogP contribution in [0.5, 0.6) is 0 Å². The molecule has 9 heteroatoms. The van der Waals surface area contributed by atoms with Crippen molar-refractivity contribution in [3.63, 3.8) is 0 Å². The molecular formula is C19H24N8O. The summed E-state index contributed by atoms with van der Waals surface area (Å²) in [6, 6.07) is 3.24. The van der Waals surface area contributed by atoms with Crippen LogP contribution in [-0.4, -0.2) is 52.3 Å². The molecule has 3 aromatic rings. The second-order valence-electron chi connectivity index (χ2n) is 7.71. The van der Waals surface area contributed by atoms with E-state index in [0.717, 1.165) is 45.4 Å². The van der Waals surface area contributed by atoms with Gasteiger partial charge in [0.1, 0.15) is 12.7 Å². The molecule has 0 aromatic carbocycles. The zero-order valence-corrected chi connectivity index (χ0v) is 15.8. The molecule has 0 aliphatic carbocycles. The molecule has 1 saturated heterocycles. The molecule has 2 aliphatic heterocycles. The first-order valence-electron chi connectivity index (χ1n) is 9.95. The molecule has 0 amide bonds. The normalized spacial score (nSPS) is 17.9. The fourth-order valence-electron chi connectivity index (χ4n) is 4.29. The maximum atomic E-state index is 12.2. The summed E-state index contributed by atoms with van der Waals surface area (Å²) in [4.78, 5) is 18.7. The van der Waals surface area contributed by atoms with Crippen LogP contribution in [0.2, 0.25) is 0 Å². The van der Waals surface area contributed by atoms with Crippen LogP contribution in [0.15, 0.2) is 35.8 Å². The van der Waals surface area contributed by atoms with Gasteiger partial charge in [0.05, 0.1) is 6.20 Å². The number of fused-ring (bicyclic) bond motifs is 1. The Morgan fingerprint density at radius 2 is 2.00 bits per heavy atom. The van der Waals surface area contributed by atoms with Gasteiger partial charge in [-0.1, -0.05) is 0 Å². The van der Waals surface area contributed by atoms with E-state index in [9.17, 15) is 4.79 Å². The van der Waals surface area contributed by atoms with E-state index >= 15 is 0 Å². The average molecular weight is 380 g/mol. The highest BCUT2D eigenvalue weighted by atomic mass is 16.1. The molecule has 0 N–H and O–H groups in total. The number of rotatable bonds is 5. The van der Waals surface area contributed by atoms with Gasteiger partial charge in [0.15, 0.2) is 5.82 Å². The van der Waals surface area contributed by atoms with Gasteiger partial charge in [-0.3, -0.25) is 14.4 Å². The molecule has 0 saturated carbocycles. The van der Waals surface area contributed by atoms with Gasteiger partial charge < -0.3 is 0 Å². The zero-order valence-electron chi connectivity index (χ0n) is 15.8. The molecule has 1 fully saturated rings. The van der Waals surface area contributed by atoms with Crippen molar-refractivity contribution >= 4 is 0 Å². The summed E-state index contributed by atoms with van der Waals surface area (Å²) >= 11 is 0. The van der Waals surface area contributed by atoms with E-state index in [2.05, 4.69) is 29.9 Å². The van der Waals surface area contributed by atoms with Crippen molar-refractivity contribution in [1.29, 1.82) is 0 Å². The predicted molar refractivity (Wildman–Crippen MR) is 102 cm³/mol. The van der Waals surface area contributed by atoms with Crippen LogP contribution in [0.25, 0.3) is 5.82 Å². The molecule has 3 aromatic heterocycles. The Morgan fingerprint density at radius 1 is 1.11 bits per heavy atom. The molecular weight excluding hydrogens is 356 g/mol. The molecule has 0 radical (unpaired) electrons. The lowest BCUT2D eigenvalue weighted by molar-refractivity contribution is 0.163. The Hall–Kier alpha value is -2.81. The number of aryl methyl sites for hydroxylation is 1. The predicted octanol–water partition coefficient (Wildman–Crippen LogP) is 0.879. The largest absolute Gasteiger partial charge is 0.299 e. The quantitative estimate of drug-likeness (QED) is 0.653. The highest BCUT2D eigenvalue weighted by Crippen LogP contribution is 2.23. The fourth-order valence-corrected chi connectivity index (χ4v) is 4.29. The van der Waals surface area contributed by atoms with Crippen LogP contribution in [0.1, 0.15) is 30.5 Å². The fraction of sp³-hybridized carbons (Fsp3) is 0.526. The maximum absolute atomic E-state index is 12.2. The number of aromatic nitrogens is 7. The second-order valence-corrected chi connectivity index (χ2v) is 7.71. The number of hydrogen-bond acceptors (Lipinski definition) is 6. The standard InChI is InChI=1S/C19H24N8O/c28-19-4-3-18(27-14-20-13-22-27)23-26(19)11-15-5-8-24(9-6-15)12-16-10-21-25-7-1-2-17(16)25/h3-4,10,13-15H,1-2,5-9,11-12H2. The first-order valence-corrected chi connectivity index (χ1v) is 9.95. The van der Waals surface area contributed by atoms with Crippen molar-refractivity contribution in [2.75, 3.05) is 13.1 Å². The van der Waals surface area contributed by atoms with Gasteiger partial charge >= 0.3 is 0 Å². The minimum Gasteiger partial charge on any atom is -0.299 e. The lowest BCUT2D eigenvalue weighted by atomic mass is 9.96. The van der Waals surface area contributed by atoms with Gasteiger partial charge in [-0.2, -0.15) is 10.2 Å². The lowest BCUT2D eigenvalue weighted by Crippen LogP contribution is -2.36. The average Bonchev–Trinajstić information content (AvgIpc) is 3.45. The maximum Gasteiger partial charge on any atom is 0.266 e. The zero-order chi connectivity index (χ0) is 18.9. The summed E-state index contributed by atoms with van der Waals surface area (Å²) in [7, 11) is 0. The van der Waals surface area contributed by atoms with Gasteiger partial charge in [0, 0.05) is 37.0 Å². The number of hydrogen-bond donors (Lipinski definition) is 0. The molecule has 0 atom stereocenters. The van der Waals surface area contributed by atoms with Crippen LogP contribution in [0.4, 0.5) is 0 Å². The van der Waals surface area contributed by atoms with E-state index in [4.69, 9.17) is 0 Å². The third-order valence-corrected chi connectivity index (χ3v) is 5.86. The van der Waals surface area contributed by atoms with Crippen LogP contribution >= 0.6 is 0 Å². The van der Waals surface area contributed by atoms with Crippen LogP contribution in [0.3, 0.4) is 0 Å². The number of nitrogens with zero attached hydrogens (tertiary/aromatic N) is 8. The Kier molecular flexibility index (Phi) is 4.52. The second kappa shape index (κ2) is 7.31. The molecule has 2 aliphatic rings. The van der Waals surface area contributed by atoms with E-state index in [1.807, 2.05) is 6.20 Å². The van der Waals surface area contributed by atoms with Crippen molar-refractivity contribution in [2.24, 2.45) is 5.92 Å². The minimum absolute atomic E-state index is 0.0678. The van der Waals surface area contributed by atoms with Gasteiger partial charge in [-0.05, 0) is 50.8 Å². The van der Waals surface area contributed by atoms with E-state index in [1.165, 1.54) is 24.0 Å². The summed E-state index contributed by atoms with van der Waals surface area (Å²) in [6.45, 7) is 4.80. The molecule has 28 heavy (non-hydrogen) atoms. The molecule has 9 nitrogen and oxygen atoms in total. The highest BCUT2D eigenvalue weighted by molar-refractivity contribution is 5.20. The van der Waals surface area contributed by atoms with Crippen LogP contribution in [0, 0.1) is 5.92 Å². The van der Waals surface area contributed by atoms with E-state index < -0.39 is 0 Å². The lowest BCUT2D eigenvalue weighted by Gasteiger charge is -2.31. The van der Waals surface area contributed by atoms with E-state index in [-0.39, 0.29) is 5.56 Å². The first kappa shape index (κ1) is 17.3. The summed E-state index contributed by atoms with van der Waals surface area (Å²) in [5.74, 6) is 1.08. The van der Waals surface area contributed by atoms with Crippen molar-refractivity contribution in [2.45, 2.75) is 45.3 Å². The van der Waals surface area contributed by atoms with Gasteiger partial charge in [-0.15, -0.1) is 5.10 Å². The van der Waals surface area contributed by atoms with E-state index in [0.29, 0.717) is 18.3 Å². The monoisotopic (exact) mass is 380 g/mol. The summed E-state index contributed by atoms with van der Waals surface area (Å²) in [5.41, 5.74) is 2.74. The van der Waals surface area contributed by atoms with Crippen molar-refractivity contribution in [3.05, 3.63) is 52.6 Å². The van der Waals surface area contributed by atoms with Crippen molar-refractivity contribution < 1.29 is 0 Å². The molecule has 0 spiro atoms. The Balaban J connectivity index is 1.21. The van der Waals surface area contributed by atoms with Gasteiger partial charge in [0.25, 0.3) is 5.56 Å². The molecule has 0 bridgehead atoms. The third-order valence-electron chi connectivity index (χ3n) is 5.86. The SMILES string of the molecule is O=c1ccc(-n2cncn2)nn1CC1CCN(Cc2cnn3c2CCC3)CC1. The van der Waals surface area contributed by atoms with E-state index in [1.54, 1.807) is 27.8 Å². The third kappa shape index (κ3) is 3.37. The smallest absolute Gasteiger partial charge is 0.266 e. The molecule has 5 heterocycles.